The summed E-state index contributed by atoms with van der Waals surface area (Å²) in [5, 5.41) is 3.08. The highest BCUT2D eigenvalue weighted by atomic mass is 16.5. The van der Waals surface area contributed by atoms with Crippen LogP contribution in [0.1, 0.15) is 49.1 Å². The number of rotatable bonds is 9. The van der Waals surface area contributed by atoms with Gasteiger partial charge in [0, 0.05) is 6.54 Å². The molecule has 1 fully saturated rings. The van der Waals surface area contributed by atoms with E-state index in [-0.39, 0.29) is 18.1 Å². The largest absolute Gasteiger partial charge is 0.497 e. The zero-order valence-electron chi connectivity index (χ0n) is 17.2. The highest BCUT2D eigenvalue weighted by Crippen LogP contribution is 2.29. The Morgan fingerprint density at radius 1 is 1.10 bits per heavy atom. The molecule has 0 bridgehead atoms. The van der Waals surface area contributed by atoms with Crippen LogP contribution in [0.2, 0.25) is 0 Å². The highest BCUT2D eigenvalue weighted by Gasteiger charge is 2.31. The van der Waals surface area contributed by atoms with Gasteiger partial charge in [-0.25, -0.2) is 0 Å². The average Bonchev–Trinajstić information content (AvgIpc) is 2.79. The summed E-state index contributed by atoms with van der Waals surface area (Å²) >= 11 is 0. The zero-order chi connectivity index (χ0) is 20.5. The number of hydrogen-bond acceptors (Lipinski definition) is 3. The Hall–Kier alpha value is -2.59. The number of hydrogen-bond donors (Lipinski definition) is 1. The van der Waals surface area contributed by atoms with Crippen molar-refractivity contribution in [2.75, 3.05) is 7.11 Å². The minimum Gasteiger partial charge on any atom is -0.497 e. The molecule has 0 heterocycles. The highest BCUT2D eigenvalue weighted by molar-refractivity contribution is 5.84. The van der Waals surface area contributed by atoms with E-state index in [0.29, 0.717) is 6.54 Å². The van der Waals surface area contributed by atoms with Gasteiger partial charge in [-0.1, -0.05) is 67.8 Å². The topological polar surface area (TPSA) is 47.6 Å². The van der Waals surface area contributed by atoms with E-state index in [1.807, 2.05) is 54.6 Å². The van der Waals surface area contributed by atoms with Crippen LogP contribution in [0.15, 0.2) is 67.3 Å². The number of ether oxygens (including phenoxy) is 2. The lowest BCUT2D eigenvalue weighted by molar-refractivity contribution is -0.127. The monoisotopic (exact) mass is 393 g/mol. The molecule has 1 N–H and O–H groups in total. The van der Waals surface area contributed by atoms with Crippen LogP contribution in [0.25, 0.3) is 0 Å². The molecule has 0 spiro atoms. The van der Waals surface area contributed by atoms with E-state index in [1.54, 1.807) is 13.2 Å². The summed E-state index contributed by atoms with van der Waals surface area (Å²) in [5.41, 5.74) is 1.97. The van der Waals surface area contributed by atoms with Gasteiger partial charge in [0.25, 0.3) is 0 Å². The molecule has 2 aromatic carbocycles. The van der Waals surface area contributed by atoms with Crippen molar-refractivity contribution in [3.05, 3.63) is 78.4 Å². The lowest BCUT2D eigenvalue weighted by Crippen LogP contribution is -2.38. The van der Waals surface area contributed by atoms with Crippen LogP contribution in [0, 0.1) is 0 Å². The van der Waals surface area contributed by atoms with E-state index in [1.165, 1.54) is 19.3 Å². The molecular weight excluding hydrogens is 362 g/mol. The fourth-order valence-corrected chi connectivity index (χ4v) is 3.89. The molecule has 0 saturated heterocycles. The summed E-state index contributed by atoms with van der Waals surface area (Å²) in [6.07, 6.45) is 7.31. The predicted octanol–water partition coefficient (Wildman–Crippen LogP) is 5.00. The van der Waals surface area contributed by atoms with Crippen LogP contribution in [0.5, 0.6) is 5.75 Å². The molecule has 0 radical (unpaired) electrons. The van der Waals surface area contributed by atoms with Crippen molar-refractivity contribution < 1.29 is 14.3 Å². The molecule has 1 aliphatic rings. The molecule has 0 aromatic heterocycles. The maximum atomic E-state index is 13.2. The molecule has 29 heavy (non-hydrogen) atoms. The normalized spacial score (nSPS) is 16.6. The van der Waals surface area contributed by atoms with Crippen molar-refractivity contribution in [2.24, 2.45) is 0 Å². The molecule has 2 atom stereocenters. The SMILES string of the molecule is C=C[C@@H](OC1CCCCC1)[C@H](C(=O)NCc1ccccc1)c1ccc(OC)cc1. The molecule has 154 valence electrons. The van der Waals surface area contributed by atoms with Crippen molar-refractivity contribution in [1.82, 2.24) is 5.32 Å². The second-order valence-electron chi connectivity index (χ2n) is 7.55. The number of carbonyl (C=O) groups is 1. The average molecular weight is 394 g/mol. The molecule has 4 heteroatoms. The molecule has 1 amide bonds. The maximum absolute atomic E-state index is 13.2. The van der Waals surface area contributed by atoms with Gasteiger partial charge in [0.2, 0.25) is 5.91 Å². The van der Waals surface area contributed by atoms with Gasteiger partial charge < -0.3 is 14.8 Å². The summed E-state index contributed by atoms with van der Waals surface area (Å²) < 4.78 is 11.6. The molecule has 0 unspecified atom stereocenters. The Morgan fingerprint density at radius 3 is 2.41 bits per heavy atom. The number of nitrogens with one attached hydrogen (secondary N) is 1. The fourth-order valence-electron chi connectivity index (χ4n) is 3.89. The number of benzene rings is 2. The van der Waals surface area contributed by atoms with Crippen LogP contribution >= 0.6 is 0 Å². The Bertz CT molecular complexity index is 766. The van der Waals surface area contributed by atoms with Gasteiger partial charge in [0.1, 0.15) is 5.75 Å². The minimum absolute atomic E-state index is 0.0558. The first kappa shape index (κ1) is 21.1. The smallest absolute Gasteiger partial charge is 0.230 e. The number of methoxy groups -OCH3 is 1. The van der Waals surface area contributed by atoms with Gasteiger partial charge in [0.05, 0.1) is 25.2 Å². The Kier molecular flexibility index (Phi) is 7.88. The van der Waals surface area contributed by atoms with E-state index in [0.717, 1.165) is 29.7 Å². The van der Waals surface area contributed by atoms with Crippen molar-refractivity contribution in [1.29, 1.82) is 0 Å². The van der Waals surface area contributed by atoms with E-state index in [9.17, 15) is 4.79 Å². The van der Waals surface area contributed by atoms with Crippen molar-refractivity contribution in [3.8, 4) is 5.75 Å². The third-order valence-electron chi connectivity index (χ3n) is 5.53. The van der Waals surface area contributed by atoms with E-state index in [4.69, 9.17) is 9.47 Å². The Labute approximate surface area is 173 Å². The van der Waals surface area contributed by atoms with Gasteiger partial charge in [-0.2, -0.15) is 0 Å². The van der Waals surface area contributed by atoms with Gasteiger partial charge in [-0.3, -0.25) is 4.79 Å². The Morgan fingerprint density at radius 2 is 1.79 bits per heavy atom. The summed E-state index contributed by atoms with van der Waals surface area (Å²) in [7, 11) is 1.64. The molecule has 1 saturated carbocycles. The second kappa shape index (κ2) is 10.8. The molecule has 2 aromatic rings. The molecule has 0 aliphatic heterocycles. The van der Waals surface area contributed by atoms with Crippen molar-refractivity contribution in [2.45, 2.75) is 56.8 Å². The van der Waals surface area contributed by atoms with Gasteiger partial charge in [0.15, 0.2) is 0 Å². The van der Waals surface area contributed by atoms with E-state index >= 15 is 0 Å². The molecule has 3 rings (SSSR count). The van der Waals surface area contributed by atoms with Crippen LogP contribution in [0.4, 0.5) is 0 Å². The standard InChI is InChI=1S/C25H31NO3/c1-3-23(29-22-12-8-5-9-13-22)24(20-14-16-21(28-2)17-15-20)25(27)26-18-19-10-6-4-7-11-19/h3-4,6-7,10-11,14-17,22-24H,1,5,8-9,12-13,18H2,2H3,(H,26,27)/t23-,24-/m1/s1. The van der Waals surface area contributed by atoms with Gasteiger partial charge >= 0.3 is 0 Å². The third kappa shape index (κ3) is 5.94. The first-order chi connectivity index (χ1) is 14.2. The summed E-state index contributed by atoms with van der Waals surface area (Å²) in [6, 6.07) is 17.6. The lowest BCUT2D eigenvalue weighted by atomic mass is 9.91. The lowest BCUT2D eigenvalue weighted by Gasteiger charge is -2.30. The minimum atomic E-state index is -0.455. The van der Waals surface area contributed by atoms with E-state index < -0.39 is 5.92 Å². The number of carbonyl (C=O) groups excluding carboxylic acids is 1. The van der Waals surface area contributed by atoms with Crippen LogP contribution in [-0.2, 0) is 16.1 Å². The van der Waals surface area contributed by atoms with Crippen LogP contribution in [0.3, 0.4) is 0 Å². The molecule has 1 aliphatic carbocycles. The van der Waals surface area contributed by atoms with Gasteiger partial charge in [-0.15, -0.1) is 6.58 Å². The number of amides is 1. The summed E-state index contributed by atoms with van der Waals surface area (Å²) in [6.45, 7) is 4.46. The molecule has 4 nitrogen and oxygen atoms in total. The van der Waals surface area contributed by atoms with Crippen LogP contribution < -0.4 is 10.1 Å². The quantitative estimate of drug-likeness (QED) is 0.610. The van der Waals surface area contributed by atoms with Crippen molar-refractivity contribution >= 4 is 5.91 Å². The van der Waals surface area contributed by atoms with Gasteiger partial charge in [-0.05, 0) is 36.1 Å². The first-order valence-corrected chi connectivity index (χ1v) is 10.4. The molecular formula is C25H31NO3. The Balaban J connectivity index is 1.78. The van der Waals surface area contributed by atoms with Crippen LogP contribution in [-0.4, -0.2) is 25.2 Å². The fraction of sp³-hybridized carbons (Fsp3) is 0.400. The third-order valence-corrected chi connectivity index (χ3v) is 5.53. The first-order valence-electron chi connectivity index (χ1n) is 10.4. The predicted molar refractivity (Wildman–Crippen MR) is 116 cm³/mol. The maximum Gasteiger partial charge on any atom is 0.230 e. The van der Waals surface area contributed by atoms with Crippen molar-refractivity contribution in [3.63, 3.8) is 0 Å². The zero-order valence-corrected chi connectivity index (χ0v) is 17.2. The summed E-state index contributed by atoms with van der Waals surface area (Å²) in [5.74, 6) is 0.254. The summed E-state index contributed by atoms with van der Waals surface area (Å²) in [4.78, 5) is 13.2. The van der Waals surface area contributed by atoms with E-state index in [2.05, 4.69) is 11.9 Å². The second-order valence-corrected chi connectivity index (χ2v) is 7.55.